The highest BCUT2D eigenvalue weighted by atomic mass is 16.5. The Kier molecular flexibility index (Phi) is 5.76. The van der Waals surface area contributed by atoms with E-state index in [0.29, 0.717) is 18.8 Å². The number of hydrogen-bond acceptors (Lipinski definition) is 3. The number of nitrogens with one attached hydrogen (secondary N) is 1. The van der Waals surface area contributed by atoms with Crippen molar-refractivity contribution in [3.63, 3.8) is 0 Å². The normalized spacial score (nSPS) is 10.5. The lowest BCUT2D eigenvalue weighted by molar-refractivity contribution is 0.207. The van der Waals surface area contributed by atoms with Crippen LogP contribution in [0.4, 0.5) is 10.5 Å². The van der Waals surface area contributed by atoms with E-state index in [1.165, 1.54) is 0 Å². The van der Waals surface area contributed by atoms with E-state index in [-0.39, 0.29) is 6.03 Å². The molecule has 1 heterocycles. The van der Waals surface area contributed by atoms with E-state index in [0.717, 1.165) is 22.8 Å². The predicted octanol–water partition coefficient (Wildman–Crippen LogP) is 4.03. The average Bonchev–Trinajstić information content (AvgIpc) is 3.01. The molecule has 0 unspecified atom stereocenters. The van der Waals surface area contributed by atoms with Crippen molar-refractivity contribution in [1.29, 1.82) is 0 Å². The molecule has 140 valence electrons. The fourth-order valence-electron chi connectivity index (χ4n) is 2.77. The van der Waals surface area contributed by atoms with Gasteiger partial charge in [-0.25, -0.2) is 9.48 Å². The van der Waals surface area contributed by atoms with Crippen molar-refractivity contribution in [2.75, 3.05) is 25.5 Å². The Morgan fingerprint density at radius 2 is 1.81 bits per heavy atom. The van der Waals surface area contributed by atoms with Gasteiger partial charge in [0, 0.05) is 12.7 Å². The van der Waals surface area contributed by atoms with E-state index in [4.69, 9.17) is 4.74 Å². The third kappa shape index (κ3) is 4.67. The molecule has 0 radical (unpaired) electrons. The molecule has 0 fully saturated rings. The van der Waals surface area contributed by atoms with Gasteiger partial charge in [0.1, 0.15) is 12.4 Å². The molecule has 0 aliphatic carbocycles. The van der Waals surface area contributed by atoms with Gasteiger partial charge in [-0.05, 0) is 44.2 Å². The fourth-order valence-corrected chi connectivity index (χ4v) is 2.77. The van der Waals surface area contributed by atoms with E-state index in [9.17, 15) is 4.79 Å². The zero-order valence-electron chi connectivity index (χ0n) is 15.8. The van der Waals surface area contributed by atoms with Crippen molar-refractivity contribution in [3.8, 4) is 11.4 Å². The lowest BCUT2D eigenvalue weighted by atomic mass is 10.2. The molecule has 6 nitrogen and oxygen atoms in total. The molecule has 0 bridgehead atoms. The summed E-state index contributed by atoms with van der Waals surface area (Å²) in [6.45, 7) is 4.84. The van der Waals surface area contributed by atoms with E-state index in [1.807, 2.05) is 79.2 Å². The molecule has 2 amide bonds. The summed E-state index contributed by atoms with van der Waals surface area (Å²) in [7, 11) is 1.75. The van der Waals surface area contributed by atoms with Gasteiger partial charge in [-0.2, -0.15) is 5.10 Å². The minimum atomic E-state index is -0.194. The Morgan fingerprint density at radius 1 is 1.11 bits per heavy atom. The maximum atomic E-state index is 12.6. The molecular formula is C21H24N4O2. The Labute approximate surface area is 159 Å². The van der Waals surface area contributed by atoms with Gasteiger partial charge in [-0.3, -0.25) is 0 Å². The number of nitrogens with zero attached hydrogens (tertiary/aromatic N) is 3. The fraction of sp³-hybridized carbons (Fsp3) is 0.238. The second-order valence-corrected chi connectivity index (χ2v) is 6.37. The van der Waals surface area contributed by atoms with E-state index < -0.39 is 0 Å². The Morgan fingerprint density at radius 3 is 2.52 bits per heavy atom. The molecule has 27 heavy (non-hydrogen) atoms. The molecule has 0 spiro atoms. The molecule has 0 saturated heterocycles. The maximum Gasteiger partial charge on any atom is 0.321 e. The summed E-state index contributed by atoms with van der Waals surface area (Å²) in [4.78, 5) is 14.2. The SMILES string of the molecule is Cc1cc(C)n(-c2ccccc2NC(=O)N(C)CCOc2ccccc2)n1. The number of urea groups is 1. The second-order valence-electron chi connectivity index (χ2n) is 6.37. The molecule has 1 aromatic heterocycles. The number of likely N-dealkylation sites (N-methyl/N-ethyl adjacent to an activating group) is 1. The zero-order chi connectivity index (χ0) is 19.2. The summed E-state index contributed by atoms with van der Waals surface area (Å²) in [6.07, 6.45) is 0. The number of para-hydroxylation sites is 3. The average molecular weight is 364 g/mol. The highest BCUT2D eigenvalue weighted by Gasteiger charge is 2.13. The number of hydrogen-bond donors (Lipinski definition) is 1. The smallest absolute Gasteiger partial charge is 0.321 e. The summed E-state index contributed by atoms with van der Waals surface area (Å²) in [5.74, 6) is 0.793. The molecule has 0 aliphatic heterocycles. The van der Waals surface area contributed by atoms with Gasteiger partial charge in [-0.1, -0.05) is 30.3 Å². The van der Waals surface area contributed by atoms with Crippen LogP contribution in [0.5, 0.6) is 5.75 Å². The minimum Gasteiger partial charge on any atom is -0.492 e. The zero-order valence-corrected chi connectivity index (χ0v) is 15.8. The van der Waals surface area contributed by atoms with Crippen molar-refractivity contribution < 1.29 is 9.53 Å². The third-order valence-corrected chi connectivity index (χ3v) is 4.17. The highest BCUT2D eigenvalue weighted by molar-refractivity contribution is 5.91. The number of aromatic nitrogens is 2. The number of carbonyl (C=O) groups excluding carboxylic acids is 1. The van der Waals surface area contributed by atoms with Crippen LogP contribution in [-0.4, -0.2) is 40.9 Å². The van der Waals surface area contributed by atoms with Crippen LogP contribution in [0.3, 0.4) is 0 Å². The van der Waals surface area contributed by atoms with Crippen LogP contribution in [0.15, 0.2) is 60.7 Å². The van der Waals surface area contributed by atoms with Gasteiger partial charge in [0.2, 0.25) is 0 Å². The minimum absolute atomic E-state index is 0.194. The van der Waals surface area contributed by atoms with Gasteiger partial charge >= 0.3 is 6.03 Å². The van der Waals surface area contributed by atoms with E-state index in [2.05, 4.69) is 10.4 Å². The number of anilines is 1. The van der Waals surface area contributed by atoms with Crippen molar-refractivity contribution in [3.05, 3.63) is 72.1 Å². The van der Waals surface area contributed by atoms with Gasteiger partial charge in [0.05, 0.1) is 23.6 Å². The number of ether oxygens (including phenoxy) is 1. The molecule has 0 saturated carbocycles. The summed E-state index contributed by atoms with van der Waals surface area (Å²) >= 11 is 0. The Bertz CT molecular complexity index is 906. The monoisotopic (exact) mass is 364 g/mol. The van der Waals surface area contributed by atoms with Crippen molar-refractivity contribution in [2.24, 2.45) is 0 Å². The van der Waals surface area contributed by atoms with Crippen LogP contribution >= 0.6 is 0 Å². The molecule has 1 N–H and O–H groups in total. The van der Waals surface area contributed by atoms with Gasteiger partial charge < -0.3 is 15.0 Å². The molecule has 0 atom stereocenters. The highest BCUT2D eigenvalue weighted by Crippen LogP contribution is 2.21. The number of rotatable bonds is 6. The predicted molar refractivity (Wildman–Crippen MR) is 107 cm³/mol. The number of carbonyl (C=O) groups is 1. The largest absolute Gasteiger partial charge is 0.492 e. The summed E-state index contributed by atoms with van der Waals surface area (Å²) < 4.78 is 7.49. The molecular weight excluding hydrogens is 340 g/mol. The standard InChI is InChI=1S/C21H24N4O2/c1-16-15-17(2)25(23-16)20-12-8-7-11-19(20)22-21(26)24(3)13-14-27-18-9-5-4-6-10-18/h4-12,15H,13-14H2,1-3H3,(H,22,26). The van der Waals surface area contributed by atoms with Crippen LogP contribution in [-0.2, 0) is 0 Å². The first-order valence-corrected chi connectivity index (χ1v) is 8.87. The van der Waals surface area contributed by atoms with Gasteiger partial charge in [0.15, 0.2) is 0 Å². The lowest BCUT2D eigenvalue weighted by Crippen LogP contribution is -2.34. The molecule has 2 aromatic carbocycles. The second kappa shape index (κ2) is 8.40. The van der Waals surface area contributed by atoms with Crippen LogP contribution in [0.1, 0.15) is 11.4 Å². The third-order valence-electron chi connectivity index (χ3n) is 4.17. The van der Waals surface area contributed by atoms with E-state index in [1.54, 1.807) is 11.9 Å². The number of aryl methyl sites for hydroxylation is 2. The number of amides is 2. The summed E-state index contributed by atoms with van der Waals surface area (Å²) in [6, 6.07) is 19.0. The van der Waals surface area contributed by atoms with Crippen molar-refractivity contribution in [2.45, 2.75) is 13.8 Å². The first-order chi connectivity index (χ1) is 13.0. The van der Waals surface area contributed by atoms with Crippen LogP contribution in [0.25, 0.3) is 5.69 Å². The maximum absolute atomic E-state index is 12.6. The first-order valence-electron chi connectivity index (χ1n) is 8.87. The van der Waals surface area contributed by atoms with Crippen molar-refractivity contribution >= 4 is 11.7 Å². The van der Waals surface area contributed by atoms with E-state index >= 15 is 0 Å². The van der Waals surface area contributed by atoms with Crippen LogP contribution in [0.2, 0.25) is 0 Å². The summed E-state index contributed by atoms with van der Waals surface area (Å²) in [5, 5.41) is 7.47. The van der Waals surface area contributed by atoms with Gasteiger partial charge in [-0.15, -0.1) is 0 Å². The molecule has 0 aliphatic rings. The molecule has 3 rings (SSSR count). The van der Waals surface area contributed by atoms with Crippen molar-refractivity contribution in [1.82, 2.24) is 14.7 Å². The number of benzene rings is 2. The Balaban J connectivity index is 1.63. The van der Waals surface area contributed by atoms with Gasteiger partial charge in [0.25, 0.3) is 0 Å². The topological polar surface area (TPSA) is 59.4 Å². The Hall–Kier alpha value is -3.28. The molecule has 6 heteroatoms. The summed E-state index contributed by atoms with van der Waals surface area (Å²) in [5.41, 5.74) is 3.50. The van der Waals surface area contributed by atoms with Crippen LogP contribution in [0, 0.1) is 13.8 Å². The lowest BCUT2D eigenvalue weighted by Gasteiger charge is -2.19. The molecule has 3 aromatic rings. The quantitative estimate of drug-likeness (QED) is 0.718. The van der Waals surface area contributed by atoms with Crippen LogP contribution < -0.4 is 10.1 Å². The first kappa shape index (κ1) is 18.5.